The largest absolute Gasteiger partial charge is 0.377 e. The molecule has 0 radical (unpaired) electrons. The number of para-hydroxylation sites is 1. The molecule has 2 aromatic rings. The van der Waals surface area contributed by atoms with Gasteiger partial charge in [-0.1, -0.05) is 52.3 Å². The molecule has 0 amide bonds. The van der Waals surface area contributed by atoms with Gasteiger partial charge in [-0.05, 0) is 64.3 Å². The van der Waals surface area contributed by atoms with E-state index in [1.165, 1.54) is 20.4 Å². The Hall–Kier alpha value is -0.810. The third kappa shape index (κ3) is 2.34. The molecule has 0 aromatic heterocycles. The summed E-state index contributed by atoms with van der Waals surface area (Å²) in [6.07, 6.45) is 5.90. The number of fused-ring (bicyclic) bond motifs is 3. The molecule has 0 bridgehead atoms. The minimum atomic E-state index is 0.390. The number of rotatable bonds is 1. The number of hydrogen-bond donors (Lipinski definition) is 1. The normalized spacial score (nSPS) is 26.1. The average Bonchev–Trinajstić information content (AvgIpc) is 2.98. The molecule has 0 saturated carbocycles. The molecule has 1 N–H and O–H groups in total. The molecule has 2 aliphatic rings. The lowest BCUT2D eigenvalue weighted by molar-refractivity contribution is 0.425. The highest BCUT2D eigenvalue weighted by molar-refractivity contribution is 14.1. The van der Waals surface area contributed by atoms with Crippen molar-refractivity contribution in [2.45, 2.75) is 18.4 Å². The second-order valence-electron chi connectivity index (χ2n) is 5.73. The molecule has 3 atom stereocenters. The zero-order chi connectivity index (χ0) is 14.4. The lowest BCUT2D eigenvalue weighted by Gasteiger charge is -2.38. The Morgan fingerprint density at radius 2 is 1.90 bits per heavy atom. The van der Waals surface area contributed by atoms with E-state index in [0.717, 1.165) is 10.9 Å². The maximum atomic E-state index is 3.81. The maximum Gasteiger partial charge on any atom is 0.0554 e. The van der Waals surface area contributed by atoms with Crippen molar-refractivity contribution in [1.82, 2.24) is 0 Å². The summed E-state index contributed by atoms with van der Waals surface area (Å²) in [6, 6.07) is 15.8. The van der Waals surface area contributed by atoms with Crippen LogP contribution in [0.3, 0.4) is 0 Å². The van der Waals surface area contributed by atoms with Crippen LogP contribution in [0.1, 0.15) is 29.5 Å². The minimum absolute atomic E-state index is 0.390. The van der Waals surface area contributed by atoms with E-state index < -0.39 is 0 Å². The number of hydrogen-bond acceptors (Lipinski definition) is 1. The molecular formula is C18H15BrIN. The van der Waals surface area contributed by atoms with Gasteiger partial charge in [-0.3, -0.25) is 0 Å². The van der Waals surface area contributed by atoms with Gasteiger partial charge in [-0.15, -0.1) is 0 Å². The van der Waals surface area contributed by atoms with E-state index in [2.05, 4.69) is 98.5 Å². The summed E-state index contributed by atoms with van der Waals surface area (Å²) in [5, 5.41) is 3.81. The Labute approximate surface area is 147 Å². The van der Waals surface area contributed by atoms with E-state index >= 15 is 0 Å². The van der Waals surface area contributed by atoms with Crippen LogP contribution in [0.4, 0.5) is 5.69 Å². The molecule has 0 unspecified atom stereocenters. The van der Waals surface area contributed by atoms with Gasteiger partial charge in [0.25, 0.3) is 0 Å². The van der Waals surface area contributed by atoms with Gasteiger partial charge in [0.05, 0.1) is 11.7 Å². The molecule has 0 saturated heterocycles. The van der Waals surface area contributed by atoms with Gasteiger partial charge in [0, 0.05) is 14.0 Å². The number of anilines is 1. The summed E-state index contributed by atoms with van der Waals surface area (Å²) >= 11 is 5.97. The smallest absolute Gasteiger partial charge is 0.0554 e. The average molecular weight is 452 g/mol. The Bertz CT molecular complexity index is 708. The fourth-order valence-corrected chi connectivity index (χ4v) is 4.52. The van der Waals surface area contributed by atoms with Crippen molar-refractivity contribution in [2.24, 2.45) is 5.92 Å². The Morgan fingerprint density at radius 1 is 1.10 bits per heavy atom. The molecule has 1 aliphatic carbocycles. The predicted molar refractivity (Wildman–Crippen MR) is 99.7 cm³/mol. The van der Waals surface area contributed by atoms with Gasteiger partial charge < -0.3 is 5.32 Å². The maximum absolute atomic E-state index is 3.81. The highest BCUT2D eigenvalue weighted by Gasteiger charge is 2.38. The van der Waals surface area contributed by atoms with Crippen LogP contribution in [0.15, 0.2) is 59.1 Å². The second kappa shape index (κ2) is 5.43. The van der Waals surface area contributed by atoms with Gasteiger partial charge >= 0.3 is 0 Å². The second-order valence-corrected chi connectivity index (χ2v) is 7.81. The van der Waals surface area contributed by atoms with Crippen LogP contribution in [-0.4, -0.2) is 0 Å². The summed E-state index contributed by atoms with van der Waals surface area (Å²) in [6.45, 7) is 0. The van der Waals surface area contributed by atoms with Crippen molar-refractivity contribution >= 4 is 44.2 Å². The standard InChI is InChI=1S/C18H15BrIN/c19-12-9-7-11(8-10-12)17-14-4-1-3-13(14)15-5-2-6-16(20)18(15)21-17/h1-3,5-10,13-14,17,21H,4H2/t13-,14-,17-/m0/s1. The molecule has 106 valence electrons. The molecule has 1 nitrogen and oxygen atoms in total. The summed E-state index contributed by atoms with van der Waals surface area (Å²) in [5.74, 6) is 1.17. The van der Waals surface area contributed by atoms with Gasteiger partial charge in [-0.25, -0.2) is 0 Å². The molecule has 0 spiro atoms. The molecule has 21 heavy (non-hydrogen) atoms. The Balaban J connectivity index is 1.81. The number of nitrogens with one attached hydrogen (secondary N) is 1. The van der Waals surface area contributed by atoms with E-state index in [1.54, 1.807) is 0 Å². The quantitative estimate of drug-likeness (QED) is 0.421. The lowest BCUT2D eigenvalue weighted by atomic mass is 9.77. The first kappa shape index (κ1) is 13.8. The van der Waals surface area contributed by atoms with Crippen LogP contribution in [0.5, 0.6) is 0 Å². The first-order valence-corrected chi connectivity index (χ1v) is 9.08. The summed E-state index contributed by atoms with van der Waals surface area (Å²) in [5.41, 5.74) is 4.15. The van der Waals surface area contributed by atoms with E-state index in [1.807, 2.05) is 0 Å². The van der Waals surface area contributed by atoms with Crippen LogP contribution in [0.2, 0.25) is 0 Å². The lowest BCUT2D eigenvalue weighted by Crippen LogP contribution is -2.29. The number of halogens is 2. The Morgan fingerprint density at radius 3 is 2.71 bits per heavy atom. The first-order valence-electron chi connectivity index (χ1n) is 7.21. The van der Waals surface area contributed by atoms with Gasteiger partial charge in [-0.2, -0.15) is 0 Å². The van der Waals surface area contributed by atoms with Crippen LogP contribution < -0.4 is 5.32 Å². The summed E-state index contributed by atoms with van der Waals surface area (Å²) < 4.78 is 2.45. The van der Waals surface area contributed by atoms with Crippen LogP contribution in [0.25, 0.3) is 0 Å². The third-order valence-corrected chi connectivity index (χ3v) is 6.00. The zero-order valence-corrected chi connectivity index (χ0v) is 15.1. The minimum Gasteiger partial charge on any atom is -0.377 e. The first-order chi connectivity index (χ1) is 10.2. The molecule has 2 aromatic carbocycles. The zero-order valence-electron chi connectivity index (χ0n) is 11.4. The molecule has 0 fully saturated rings. The van der Waals surface area contributed by atoms with Crippen molar-refractivity contribution in [3.63, 3.8) is 0 Å². The monoisotopic (exact) mass is 451 g/mol. The van der Waals surface area contributed by atoms with E-state index in [-0.39, 0.29) is 0 Å². The fraction of sp³-hybridized carbons (Fsp3) is 0.222. The molecule has 1 heterocycles. The van der Waals surface area contributed by atoms with E-state index in [9.17, 15) is 0 Å². The Kier molecular flexibility index (Phi) is 3.58. The van der Waals surface area contributed by atoms with Crippen molar-refractivity contribution in [1.29, 1.82) is 0 Å². The van der Waals surface area contributed by atoms with Crippen LogP contribution >= 0.6 is 38.5 Å². The highest BCUT2D eigenvalue weighted by Crippen LogP contribution is 2.50. The third-order valence-electron chi connectivity index (χ3n) is 4.58. The predicted octanol–water partition coefficient (Wildman–Crippen LogP) is 5.88. The van der Waals surface area contributed by atoms with Gasteiger partial charge in [0.2, 0.25) is 0 Å². The van der Waals surface area contributed by atoms with Crippen LogP contribution in [-0.2, 0) is 0 Å². The molecule has 1 aliphatic heterocycles. The van der Waals surface area contributed by atoms with Gasteiger partial charge in [0.15, 0.2) is 0 Å². The number of allylic oxidation sites excluding steroid dienone is 2. The molecule has 3 heteroatoms. The topological polar surface area (TPSA) is 12.0 Å². The SMILES string of the molecule is Brc1ccc([C@@H]2Nc3c(I)cccc3[C@H]3C=CC[C@@H]32)cc1. The number of benzene rings is 2. The summed E-state index contributed by atoms with van der Waals surface area (Å²) in [4.78, 5) is 0. The van der Waals surface area contributed by atoms with Crippen molar-refractivity contribution in [3.05, 3.63) is 73.8 Å². The highest BCUT2D eigenvalue weighted by atomic mass is 127. The van der Waals surface area contributed by atoms with Crippen molar-refractivity contribution in [3.8, 4) is 0 Å². The van der Waals surface area contributed by atoms with Crippen LogP contribution in [0, 0.1) is 9.49 Å². The summed E-state index contributed by atoms with van der Waals surface area (Å²) in [7, 11) is 0. The molecular weight excluding hydrogens is 437 g/mol. The van der Waals surface area contributed by atoms with E-state index in [4.69, 9.17) is 0 Å². The fourth-order valence-electron chi connectivity index (χ4n) is 3.58. The van der Waals surface area contributed by atoms with E-state index in [0.29, 0.717) is 17.9 Å². The van der Waals surface area contributed by atoms with Gasteiger partial charge in [0.1, 0.15) is 0 Å². The van der Waals surface area contributed by atoms with Crippen molar-refractivity contribution < 1.29 is 0 Å². The molecule has 4 rings (SSSR count). The van der Waals surface area contributed by atoms with Crippen molar-refractivity contribution in [2.75, 3.05) is 5.32 Å².